The van der Waals surface area contributed by atoms with Crippen LogP contribution in [-0.4, -0.2) is 44.0 Å². The van der Waals surface area contributed by atoms with E-state index in [0.29, 0.717) is 30.1 Å². The van der Waals surface area contributed by atoms with Crippen molar-refractivity contribution in [3.05, 3.63) is 18.2 Å². The van der Waals surface area contributed by atoms with Gasteiger partial charge in [-0.25, -0.2) is 0 Å². The number of rotatable bonds is 7. The zero-order valence-electron chi connectivity index (χ0n) is 15.4. The standard InChI is InChI=1S/C18H26N4O4/c1-11(2)17(19)18(25)20-10-15(23)21-12-6-7-14(26-3)13(9-12)22-8-4-5-16(22)24/h6-7,9,11,17H,4-5,8,10,19H2,1-3H3,(H,20,25)(H,21,23)/t17-/m0/s1. The summed E-state index contributed by atoms with van der Waals surface area (Å²) in [4.78, 5) is 37.5. The summed E-state index contributed by atoms with van der Waals surface area (Å²) in [7, 11) is 1.53. The Kier molecular flexibility index (Phi) is 6.57. The largest absolute Gasteiger partial charge is 0.495 e. The third kappa shape index (κ3) is 4.72. The minimum atomic E-state index is -0.656. The van der Waals surface area contributed by atoms with Crippen LogP contribution in [0.1, 0.15) is 26.7 Å². The van der Waals surface area contributed by atoms with Gasteiger partial charge in [-0.3, -0.25) is 14.4 Å². The predicted octanol–water partition coefficient (Wildman–Crippen LogP) is 0.860. The number of carbonyl (C=O) groups is 3. The van der Waals surface area contributed by atoms with Crippen LogP contribution in [0.15, 0.2) is 18.2 Å². The molecule has 0 spiro atoms. The maximum Gasteiger partial charge on any atom is 0.243 e. The monoisotopic (exact) mass is 362 g/mol. The molecule has 142 valence electrons. The van der Waals surface area contributed by atoms with Crippen LogP contribution in [0.4, 0.5) is 11.4 Å². The maximum atomic E-state index is 12.1. The van der Waals surface area contributed by atoms with Crippen molar-refractivity contribution in [1.29, 1.82) is 0 Å². The SMILES string of the molecule is COc1ccc(NC(=O)CNC(=O)[C@@H](N)C(C)C)cc1N1CCCC1=O. The summed E-state index contributed by atoms with van der Waals surface area (Å²) in [5, 5.41) is 5.23. The Hall–Kier alpha value is -2.61. The molecule has 8 nitrogen and oxygen atoms in total. The van der Waals surface area contributed by atoms with Crippen LogP contribution in [0.3, 0.4) is 0 Å². The molecule has 1 heterocycles. The summed E-state index contributed by atoms with van der Waals surface area (Å²) in [6.07, 6.45) is 1.29. The first kappa shape index (κ1) is 19.7. The van der Waals surface area contributed by atoms with E-state index in [4.69, 9.17) is 10.5 Å². The number of amides is 3. The smallest absolute Gasteiger partial charge is 0.243 e. The van der Waals surface area contributed by atoms with Crippen molar-refractivity contribution >= 4 is 29.1 Å². The first-order valence-electron chi connectivity index (χ1n) is 8.65. The average Bonchev–Trinajstić information content (AvgIpc) is 3.04. The Labute approximate surface area is 153 Å². The minimum Gasteiger partial charge on any atom is -0.495 e. The zero-order chi connectivity index (χ0) is 19.3. The van der Waals surface area contributed by atoms with E-state index in [0.717, 1.165) is 6.42 Å². The van der Waals surface area contributed by atoms with Gasteiger partial charge >= 0.3 is 0 Å². The van der Waals surface area contributed by atoms with Gasteiger partial charge in [-0.15, -0.1) is 0 Å². The van der Waals surface area contributed by atoms with Gasteiger partial charge in [0.2, 0.25) is 17.7 Å². The summed E-state index contributed by atoms with van der Waals surface area (Å²) >= 11 is 0. The van der Waals surface area contributed by atoms with Crippen molar-refractivity contribution in [2.75, 3.05) is 30.4 Å². The average molecular weight is 362 g/mol. The van der Waals surface area contributed by atoms with Crippen LogP contribution in [0.25, 0.3) is 0 Å². The second-order valence-electron chi connectivity index (χ2n) is 6.57. The molecule has 26 heavy (non-hydrogen) atoms. The molecule has 1 atom stereocenters. The lowest BCUT2D eigenvalue weighted by Gasteiger charge is -2.20. The highest BCUT2D eigenvalue weighted by molar-refractivity contribution is 5.99. The highest BCUT2D eigenvalue weighted by Gasteiger charge is 2.25. The number of nitrogens with two attached hydrogens (primary N) is 1. The number of ether oxygens (including phenoxy) is 1. The third-order valence-electron chi connectivity index (χ3n) is 4.27. The van der Waals surface area contributed by atoms with Crippen molar-refractivity contribution < 1.29 is 19.1 Å². The molecular formula is C18H26N4O4. The molecular weight excluding hydrogens is 336 g/mol. The van der Waals surface area contributed by atoms with E-state index in [1.165, 1.54) is 7.11 Å². The quantitative estimate of drug-likeness (QED) is 0.666. The lowest BCUT2D eigenvalue weighted by Crippen LogP contribution is -2.46. The Balaban J connectivity index is 2.02. The Morgan fingerprint density at radius 2 is 2.08 bits per heavy atom. The molecule has 3 amide bonds. The lowest BCUT2D eigenvalue weighted by atomic mass is 10.1. The fraction of sp³-hybridized carbons (Fsp3) is 0.500. The van der Waals surface area contributed by atoms with Crippen LogP contribution in [-0.2, 0) is 14.4 Å². The summed E-state index contributed by atoms with van der Waals surface area (Å²) in [6.45, 7) is 4.12. The number of hydrogen-bond acceptors (Lipinski definition) is 5. The van der Waals surface area contributed by atoms with Crippen LogP contribution < -0.4 is 26.0 Å². The minimum absolute atomic E-state index is 0.0137. The van der Waals surface area contributed by atoms with Gasteiger partial charge in [0.15, 0.2) is 0 Å². The molecule has 1 aromatic rings. The van der Waals surface area contributed by atoms with Crippen molar-refractivity contribution in [3.8, 4) is 5.75 Å². The molecule has 0 saturated carbocycles. The van der Waals surface area contributed by atoms with Gasteiger partial charge in [-0.1, -0.05) is 13.8 Å². The number of hydrogen-bond donors (Lipinski definition) is 3. The number of benzene rings is 1. The zero-order valence-corrected chi connectivity index (χ0v) is 15.4. The van der Waals surface area contributed by atoms with E-state index in [1.54, 1.807) is 23.1 Å². The molecule has 4 N–H and O–H groups in total. The second-order valence-corrected chi connectivity index (χ2v) is 6.57. The molecule has 0 radical (unpaired) electrons. The van der Waals surface area contributed by atoms with Crippen molar-refractivity contribution in [3.63, 3.8) is 0 Å². The van der Waals surface area contributed by atoms with Gasteiger partial charge in [0.05, 0.1) is 25.4 Å². The second kappa shape index (κ2) is 8.66. The predicted molar refractivity (Wildman–Crippen MR) is 99.0 cm³/mol. The number of methoxy groups -OCH3 is 1. The van der Waals surface area contributed by atoms with E-state index in [9.17, 15) is 14.4 Å². The topological polar surface area (TPSA) is 114 Å². The summed E-state index contributed by atoms with van der Waals surface area (Å²) in [6, 6.07) is 4.42. The lowest BCUT2D eigenvalue weighted by molar-refractivity contribution is -0.125. The molecule has 0 bridgehead atoms. The molecule has 1 aromatic carbocycles. The van der Waals surface area contributed by atoms with Crippen LogP contribution in [0.5, 0.6) is 5.75 Å². The normalized spacial score (nSPS) is 15.1. The number of nitrogens with one attached hydrogen (secondary N) is 2. The Morgan fingerprint density at radius 3 is 2.65 bits per heavy atom. The fourth-order valence-electron chi connectivity index (χ4n) is 2.67. The summed E-state index contributed by atoms with van der Waals surface area (Å²) in [5.41, 5.74) is 6.88. The van der Waals surface area contributed by atoms with Crippen molar-refractivity contribution in [1.82, 2.24) is 5.32 Å². The van der Waals surface area contributed by atoms with Gasteiger partial charge in [-0.2, -0.15) is 0 Å². The highest BCUT2D eigenvalue weighted by Crippen LogP contribution is 2.33. The molecule has 1 aliphatic heterocycles. The summed E-state index contributed by atoms with van der Waals surface area (Å²) < 4.78 is 5.32. The molecule has 1 fully saturated rings. The molecule has 0 aliphatic carbocycles. The molecule has 8 heteroatoms. The third-order valence-corrected chi connectivity index (χ3v) is 4.27. The molecule has 2 rings (SSSR count). The summed E-state index contributed by atoms with van der Waals surface area (Å²) in [5.74, 6) is -0.164. The highest BCUT2D eigenvalue weighted by atomic mass is 16.5. The number of carbonyl (C=O) groups excluding carboxylic acids is 3. The Morgan fingerprint density at radius 1 is 1.35 bits per heavy atom. The van der Waals surface area contributed by atoms with Gasteiger partial charge in [0, 0.05) is 18.7 Å². The van der Waals surface area contributed by atoms with Crippen LogP contribution in [0.2, 0.25) is 0 Å². The first-order valence-corrected chi connectivity index (χ1v) is 8.65. The van der Waals surface area contributed by atoms with E-state index in [-0.39, 0.29) is 30.2 Å². The van der Waals surface area contributed by atoms with E-state index >= 15 is 0 Å². The molecule has 0 unspecified atom stereocenters. The number of nitrogens with zero attached hydrogens (tertiary/aromatic N) is 1. The van der Waals surface area contributed by atoms with E-state index < -0.39 is 6.04 Å². The maximum absolute atomic E-state index is 12.1. The first-order chi connectivity index (χ1) is 12.3. The van der Waals surface area contributed by atoms with Crippen molar-refractivity contribution in [2.24, 2.45) is 11.7 Å². The van der Waals surface area contributed by atoms with Crippen molar-refractivity contribution in [2.45, 2.75) is 32.7 Å². The molecule has 1 aliphatic rings. The number of anilines is 2. The van der Waals surface area contributed by atoms with Gasteiger partial charge < -0.3 is 26.0 Å². The van der Waals surface area contributed by atoms with Crippen LogP contribution in [0, 0.1) is 5.92 Å². The van der Waals surface area contributed by atoms with Gasteiger partial charge in [0.1, 0.15) is 5.75 Å². The van der Waals surface area contributed by atoms with E-state index in [1.807, 2.05) is 13.8 Å². The Bertz CT molecular complexity index is 690. The van der Waals surface area contributed by atoms with Gasteiger partial charge in [0.25, 0.3) is 0 Å². The van der Waals surface area contributed by atoms with Gasteiger partial charge in [-0.05, 0) is 30.5 Å². The van der Waals surface area contributed by atoms with E-state index in [2.05, 4.69) is 10.6 Å². The van der Waals surface area contributed by atoms with Crippen LogP contribution >= 0.6 is 0 Å². The fourth-order valence-corrected chi connectivity index (χ4v) is 2.67. The molecule has 1 saturated heterocycles. The molecule has 0 aromatic heterocycles.